The fourth-order valence-corrected chi connectivity index (χ4v) is 5.21. The molecule has 2 aliphatic carbocycles. The molecule has 0 unspecified atom stereocenters. The standard InChI is InChI=1S/C24H32N4O3/c1-31-19-11-9-17(10-12-19)21-13-23(29)22(28-14-20(25-26-28)16-7-8-16)15-27(21)24(30)18-5-3-2-4-6-18/h9-12,14,16,18,21-23,29H,2-8,13,15H2,1H3/t21-,22+,23+/m1/s1. The molecule has 31 heavy (non-hydrogen) atoms. The lowest BCUT2D eigenvalue weighted by molar-refractivity contribution is -0.144. The summed E-state index contributed by atoms with van der Waals surface area (Å²) >= 11 is 0. The molecule has 0 bridgehead atoms. The van der Waals surface area contributed by atoms with Gasteiger partial charge in [0.2, 0.25) is 5.91 Å². The van der Waals surface area contributed by atoms with Crippen LogP contribution in [0.1, 0.15) is 80.6 Å². The first-order valence-electron chi connectivity index (χ1n) is 11.7. The van der Waals surface area contributed by atoms with Crippen LogP contribution in [0.15, 0.2) is 30.5 Å². The molecule has 3 atom stereocenters. The third-order valence-corrected chi connectivity index (χ3v) is 7.27. The van der Waals surface area contributed by atoms with E-state index in [1.807, 2.05) is 35.4 Å². The van der Waals surface area contributed by atoms with E-state index in [1.54, 1.807) is 11.8 Å². The van der Waals surface area contributed by atoms with Gasteiger partial charge in [-0.25, -0.2) is 4.68 Å². The molecule has 1 saturated heterocycles. The number of benzene rings is 1. The molecule has 2 heterocycles. The summed E-state index contributed by atoms with van der Waals surface area (Å²) in [5.74, 6) is 1.61. The van der Waals surface area contributed by atoms with Crippen molar-refractivity contribution in [2.45, 2.75) is 75.5 Å². The minimum absolute atomic E-state index is 0.0863. The number of carbonyl (C=O) groups excluding carboxylic acids is 1. The molecular weight excluding hydrogens is 392 g/mol. The van der Waals surface area contributed by atoms with E-state index in [1.165, 1.54) is 6.42 Å². The monoisotopic (exact) mass is 424 g/mol. The Morgan fingerprint density at radius 2 is 1.84 bits per heavy atom. The minimum Gasteiger partial charge on any atom is -0.497 e. The highest BCUT2D eigenvalue weighted by Crippen LogP contribution is 2.41. The van der Waals surface area contributed by atoms with E-state index in [4.69, 9.17) is 4.74 Å². The number of ether oxygens (including phenoxy) is 1. The van der Waals surface area contributed by atoms with E-state index >= 15 is 0 Å². The van der Waals surface area contributed by atoms with Crippen molar-refractivity contribution in [1.29, 1.82) is 0 Å². The third-order valence-electron chi connectivity index (χ3n) is 7.27. The van der Waals surface area contributed by atoms with E-state index in [9.17, 15) is 9.90 Å². The largest absolute Gasteiger partial charge is 0.497 e. The van der Waals surface area contributed by atoms with Gasteiger partial charge in [0.15, 0.2) is 0 Å². The Kier molecular flexibility index (Phi) is 5.69. The zero-order valence-corrected chi connectivity index (χ0v) is 18.2. The van der Waals surface area contributed by atoms with Gasteiger partial charge in [0.05, 0.1) is 31.0 Å². The van der Waals surface area contributed by atoms with Crippen LogP contribution in [0, 0.1) is 5.92 Å². The molecule has 2 aromatic rings. The lowest BCUT2D eigenvalue weighted by atomic mass is 9.85. The smallest absolute Gasteiger partial charge is 0.226 e. The van der Waals surface area contributed by atoms with E-state index in [2.05, 4.69) is 10.3 Å². The first-order chi connectivity index (χ1) is 15.1. The number of carbonyl (C=O) groups is 1. The highest BCUT2D eigenvalue weighted by atomic mass is 16.5. The number of likely N-dealkylation sites (tertiary alicyclic amines) is 1. The van der Waals surface area contributed by atoms with E-state index in [0.29, 0.717) is 18.9 Å². The van der Waals surface area contributed by atoms with Gasteiger partial charge < -0.3 is 14.7 Å². The summed E-state index contributed by atoms with van der Waals surface area (Å²) in [6.45, 7) is 0.459. The average molecular weight is 425 g/mol. The molecular formula is C24H32N4O3. The number of aliphatic hydroxyl groups is 1. The van der Waals surface area contributed by atoms with Crippen LogP contribution >= 0.6 is 0 Å². The molecule has 3 aliphatic rings. The van der Waals surface area contributed by atoms with Gasteiger partial charge >= 0.3 is 0 Å². The summed E-state index contributed by atoms with van der Waals surface area (Å²) in [5.41, 5.74) is 2.05. The number of rotatable bonds is 5. The van der Waals surface area contributed by atoms with Crippen molar-refractivity contribution in [3.8, 4) is 5.75 Å². The molecule has 0 radical (unpaired) electrons. The number of hydrogen-bond acceptors (Lipinski definition) is 5. The van der Waals surface area contributed by atoms with Crippen LogP contribution in [0.4, 0.5) is 0 Å². The predicted molar refractivity (Wildman–Crippen MR) is 116 cm³/mol. The van der Waals surface area contributed by atoms with Crippen LogP contribution in [0.3, 0.4) is 0 Å². The molecule has 1 amide bonds. The van der Waals surface area contributed by atoms with Crippen LogP contribution in [0.25, 0.3) is 0 Å². The molecule has 166 valence electrons. The van der Waals surface area contributed by atoms with Crippen molar-refractivity contribution in [3.05, 3.63) is 41.7 Å². The highest BCUT2D eigenvalue weighted by Gasteiger charge is 2.41. The SMILES string of the molecule is COc1ccc([C@H]2C[C@H](O)[C@@H](n3cc(C4CC4)nn3)CN2C(=O)C2CCCCC2)cc1. The van der Waals surface area contributed by atoms with Crippen molar-refractivity contribution in [3.63, 3.8) is 0 Å². The van der Waals surface area contributed by atoms with Crippen molar-refractivity contribution in [1.82, 2.24) is 19.9 Å². The Labute approximate surface area is 183 Å². The zero-order valence-electron chi connectivity index (χ0n) is 18.2. The molecule has 7 nitrogen and oxygen atoms in total. The summed E-state index contributed by atoms with van der Waals surface area (Å²) in [6, 6.07) is 7.48. The quantitative estimate of drug-likeness (QED) is 0.793. The molecule has 0 spiro atoms. The number of aromatic nitrogens is 3. The topological polar surface area (TPSA) is 80.5 Å². The van der Waals surface area contributed by atoms with E-state index < -0.39 is 6.10 Å². The van der Waals surface area contributed by atoms with Crippen LogP contribution in [0.2, 0.25) is 0 Å². The fourth-order valence-electron chi connectivity index (χ4n) is 5.21. The summed E-state index contributed by atoms with van der Waals surface area (Å²) in [7, 11) is 1.65. The fraction of sp³-hybridized carbons (Fsp3) is 0.625. The number of amides is 1. The lowest BCUT2D eigenvalue weighted by Crippen LogP contribution is -2.50. The van der Waals surface area contributed by atoms with Gasteiger partial charge in [-0.3, -0.25) is 4.79 Å². The van der Waals surface area contributed by atoms with E-state index in [0.717, 1.165) is 55.5 Å². The minimum atomic E-state index is -0.587. The van der Waals surface area contributed by atoms with Gasteiger partial charge in [0, 0.05) is 31.0 Å². The second-order valence-electron chi connectivity index (χ2n) is 9.38. The van der Waals surface area contributed by atoms with Crippen LogP contribution < -0.4 is 4.74 Å². The molecule has 1 aromatic carbocycles. The first kappa shape index (κ1) is 20.5. The summed E-state index contributed by atoms with van der Waals surface area (Å²) in [5, 5.41) is 19.7. The maximum atomic E-state index is 13.6. The van der Waals surface area contributed by atoms with Gasteiger partial charge in [-0.2, -0.15) is 0 Å². The number of nitrogens with zero attached hydrogens (tertiary/aromatic N) is 4. The van der Waals surface area contributed by atoms with E-state index in [-0.39, 0.29) is 23.9 Å². The molecule has 1 N–H and O–H groups in total. The van der Waals surface area contributed by atoms with Crippen molar-refractivity contribution >= 4 is 5.91 Å². The number of piperidine rings is 1. The van der Waals surface area contributed by atoms with Gasteiger partial charge in [0.25, 0.3) is 0 Å². The molecule has 3 fully saturated rings. The van der Waals surface area contributed by atoms with Gasteiger partial charge in [-0.05, 0) is 43.4 Å². The van der Waals surface area contributed by atoms with Crippen molar-refractivity contribution in [2.75, 3.05) is 13.7 Å². The maximum Gasteiger partial charge on any atom is 0.226 e. The van der Waals surface area contributed by atoms with Gasteiger partial charge in [-0.15, -0.1) is 5.10 Å². The Balaban J connectivity index is 1.42. The Bertz CT molecular complexity index is 902. The normalized spacial score (nSPS) is 27.3. The Morgan fingerprint density at radius 3 is 2.52 bits per heavy atom. The molecule has 1 aliphatic heterocycles. The maximum absolute atomic E-state index is 13.6. The zero-order chi connectivity index (χ0) is 21.4. The second-order valence-corrected chi connectivity index (χ2v) is 9.38. The number of methoxy groups -OCH3 is 1. The van der Waals surface area contributed by atoms with Crippen LogP contribution in [-0.2, 0) is 4.79 Å². The molecule has 2 saturated carbocycles. The van der Waals surface area contributed by atoms with Crippen LogP contribution in [0.5, 0.6) is 5.75 Å². The van der Waals surface area contributed by atoms with Gasteiger partial charge in [0.1, 0.15) is 5.75 Å². The number of aliphatic hydroxyl groups excluding tert-OH is 1. The highest BCUT2D eigenvalue weighted by molar-refractivity contribution is 5.79. The third kappa shape index (κ3) is 4.20. The van der Waals surface area contributed by atoms with Crippen molar-refractivity contribution in [2.24, 2.45) is 5.92 Å². The summed E-state index contributed by atoms with van der Waals surface area (Å²) in [4.78, 5) is 15.6. The molecule has 1 aromatic heterocycles. The second kappa shape index (κ2) is 8.61. The van der Waals surface area contributed by atoms with Crippen LogP contribution in [-0.4, -0.2) is 50.7 Å². The Morgan fingerprint density at radius 1 is 1.10 bits per heavy atom. The predicted octanol–water partition coefficient (Wildman–Crippen LogP) is 3.62. The Hall–Kier alpha value is -2.41. The summed E-state index contributed by atoms with van der Waals surface area (Å²) in [6.07, 6.45) is 9.60. The average Bonchev–Trinajstić information content (AvgIpc) is 3.56. The first-order valence-corrected chi connectivity index (χ1v) is 11.7. The lowest BCUT2D eigenvalue weighted by Gasteiger charge is -2.44. The molecule has 7 heteroatoms. The molecule has 5 rings (SSSR count). The van der Waals surface area contributed by atoms with Crippen molar-refractivity contribution < 1.29 is 14.6 Å². The summed E-state index contributed by atoms with van der Waals surface area (Å²) < 4.78 is 7.10. The van der Waals surface area contributed by atoms with Gasteiger partial charge in [-0.1, -0.05) is 36.6 Å². The number of hydrogen-bond donors (Lipinski definition) is 1.